The van der Waals surface area contributed by atoms with Crippen LogP contribution in [0.3, 0.4) is 0 Å². The Bertz CT molecular complexity index is 718. The quantitative estimate of drug-likeness (QED) is 0.933. The van der Waals surface area contributed by atoms with E-state index in [0.29, 0.717) is 36.7 Å². The van der Waals surface area contributed by atoms with Crippen LogP contribution in [0.2, 0.25) is 0 Å². The Morgan fingerprint density at radius 1 is 1.22 bits per heavy atom. The van der Waals surface area contributed by atoms with Crippen LogP contribution in [0.15, 0.2) is 36.5 Å². The lowest BCUT2D eigenvalue weighted by Crippen LogP contribution is -2.30. The SMILES string of the molecule is COc1ccnc(CN2CCNC(=O)c3ccccc32)c1OC. The first kappa shape index (κ1) is 15.1. The summed E-state index contributed by atoms with van der Waals surface area (Å²) in [6, 6.07) is 9.35. The summed E-state index contributed by atoms with van der Waals surface area (Å²) in [6.45, 7) is 1.82. The molecule has 0 saturated heterocycles. The fourth-order valence-electron chi connectivity index (χ4n) is 2.77. The number of pyridine rings is 1. The van der Waals surface area contributed by atoms with Gasteiger partial charge in [-0.25, -0.2) is 0 Å². The summed E-state index contributed by atoms with van der Waals surface area (Å²) in [5, 5.41) is 2.91. The molecule has 1 aliphatic heterocycles. The smallest absolute Gasteiger partial charge is 0.253 e. The number of carbonyl (C=O) groups is 1. The third-order valence-corrected chi connectivity index (χ3v) is 3.86. The molecule has 1 N–H and O–H groups in total. The molecule has 0 saturated carbocycles. The number of nitrogens with one attached hydrogen (secondary N) is 1. The van der Waals surface area contributed by atoms with Crippen molar-refractivity contribution in [2.45, 2.75) is 6.54 Å². The average molecular weight is 313 g/mol. The number of aromatic nitrogens is 1. The number of anilines is 1. The van der Waals surface area contributed by atoms with Crippen molar-refractivity contribution in [2.24, 2.45) is 0 Å². The molecule has 2 aromatic rings. The molecule has 1 aromatic heterocycles. The summed E-state index contributed by atoms with van der Waals surface area (Å²) >= 11 is 0. The van der Waals surface area contributed by atoms with Crippen LogP contribution in [0.5, 0.6) is 11.5 Å². The predicted molar refractivity (Wildman–Crippen MR) is 87.2 cm³/mol. The van der Waals surface area contributed by atoms with E-state index in [1.165, 1.54) is 0 Å². The maximum absolute atomic E-state index is 12.1. The third-order valence-electron chi connectivity index (χ3n) is 3.86. The second-order valence-corrected chi connectivity index (χ2v) is 5.19. The Kier molecular flexibility index (Phi) is 4.32. The molecule has 2 heterocycles. The number of nitrogens with zero attached hydrogens (tertiary/aromatic N) is 2. The minimum Gasteiger partial charge on any atom is -0.493 e. The van der Waals surface area contributed by atoms with Crippen molar-refractivity contribution in [3.63, 3.8) is 0 Å². The van der Waals surface area contributed by atoms with Gasteiger partial charge >= 0.3 is 0 Å². The predicted octanol–water partition coefficient (Wildman–Crippen LogP) is 1.85. The maximum atomic E-state index is 12.1. The molecule has 0 radical (unpaired) electrons. The number of hydrogen-bond acceptors (Lipinski definition) is 5. The van der Waals surface area contributed by atoms with Crippen LogP contribution in [0, 0.1) is 0 Å². The Hall–Kier alpha value is -2.76. The summed E-state index contributed by atoms with van der Waals surface area (Å²) in [5.74, 6) is 1.22. The normalized spacial score (nSPS) is 13.8. The van der Waals surface area contributed by atoms with Gasteiger partial charge in [0.2, 0.25) is 0 Å². The lowest BCUT2D eigenvalue weighted by molar-refractivity contribution is 0.0958. The van der Waals surface area contributed by atoms with Crippen molar-refractivity contribution in [2.75, 3.05) is 32.2 Å². The highest BCUT2D eigenvalue weighted by Gasteiger charge is 2.22. The molecule has 23 heavy (non-hydrogen) atoms. The zero-order chi connectivity index (χ0) is 16.2. The molecule has 1 aromatic carbocycles. The molecule has 1 aliphatic rings. The van der Waals surface area contributed by atoms with E-state index >= 15 is 0 Å². The topological polar surface area (TPSA) is 63.7 Å². The number of para-hydroxylation sites is 1. The van der Waals surface area contributed by atoms with Gasteiger partial charge in [0, 0.05) is 31.0 Å². The number of fused-ring (bicyclic) bond motifs is 1. The minimum atomic E-state index is -0.0475. The van der Waals surface area contributed by atoms with Crippen LogP contribution in [-0.4, -0.2) is 38.2 Å². The molecule has 0 bridgehead atoms. The molecule has 0 aliphatic carbocycles. The van der Waals surface area contributed by atoms with Crippen LogP contribution >= 0.6 is 0 Å². The Balaban J connectivity index is 1.97. The highest BCUT2D eigenvalue weighted by Crippen LogP contribution is 2.31. The highest BCUT2D eigenvalue weighted by molar-refractivity contribution is 6.00. The van der Waals surface area contributed by atoms with Gasteiger partial charge in [-0.1, -0.05) is 12.1 Å². The number of carbonyl (C=O) groups excluding carboxylic acids is 1. The lowest BCUT2D eigenvalue weighted by Gasteiger charge is -2.24. The molecule has 0 spiro atoms. The Morgan fingerprint density at radius 3 is 2.83 bits per heavy atom. The van der Waals surface area contributed by atoms with Crippen LogP contribution in [0.1, 0.15) is 16.1 Å². The molecule has 0 fully saturated rings. The first-order chi connectivity index (χ1) is 11.2. The monoisotopic (exact) mass is 313 g/mol. The lowest BCUT2D eigenvalue weighted by atomic mass is 10.1. The van der Waals surface area contributed by atoms with E-state index in [0.717, 1.165) is 11.4 Å². The van der Waals surface area contributed by atoms with Crippen LogP contribution < -0.4 is 19.7 Å². The number of ether oxygens (including phenoxy) is 2. The summed E-state index contributed by atoms with van der Waals surface area (Å²) < 4.78 is 10.8. The van der Waals surface area contributed by atoms with Gasteiger partial charge in [-0.2, -0.15) is 0 Å². The second kappa shape index (κ2) is 6.56. The number of amides is 1. The molecule has 6 nitrogen and oxygen atoms in total. The fraction of sp³-hybridized carbons (Fsp3) is 0.294. The summed E-state index contributed by atoms with van der Waals surface area (Å²) in [4.78, 5) is 18.7. The van der Waals surface area contributed by atoms with Crippen LogP contribution in [0.25, 0.3) is 0 Å². The Labute approximate surface area is 135 Å². The first-order valence-electron chi connectivity index (χ1n) is 7.42. The molecule has 120 valence electrons. The number of rotatable bonds is 4. The van der Waals surface area contributed by atoms with E-state index in [2.05, 4.69) is 15.2 Å². The summed E-state index contributed by atoms with van der Waals surface area (Å²) in [7, 11) is 3.20. The summed E-state index contributed by atoms with van der Waals surface area (Å²) in [5.41, 5.74) is 2.34. The number of methoxy groups -OCH3 is 2. The Morgan fingerprint density at radius 2 is 2.04 bits per heavy atom. The third kappa shape index (κ3) is 2.92. The van der Waals surface area contributed by atoms with Crippen LogP contribution in [-0.2, 0) is 6.54 Å². The van der Waals surface area contributed by atoms with Gasteiger partial charge in [-0.3, -0.25) is 9.78 Å². The van der Waals surface area contributed by atoms with Gasteiger partial charge < -0.3 is 19.7 Å². The standard InChI is InChI=1S/C17H19N3O3/c1-22-15-7-8-18-13(16(15)23-2)11-20-10-9-19-17(21)12-5-3-4-6-14(12)20/h3-8H,9-11H2,1-2H3,(H,19,21). The van der Waals surface area contributed by atoms with E-state index in [4.69, 9.17) is 9.47 Å². The number of benzene rings is 1. The van der Waals surface area contributed by atoms with E-state index in [9.17, 15) is 4.79 Å². The molecule has 0 atom stereocenters. The highest BCUT2D eigenvalue weighted by atomic mass is 16.5. The largest absolute Gasteiger partial charge is 0.493 e. The van der Waals surface area contributed by atoms with E-state index in [-0.39, 0.29) is 5.91 Å². The van der Waals surface area contributed by atoms with Gasteiger partial charge in [0.1, 0.15) is 5.69 Å². The van der Waals surface area contributed by atoms with Gasteiger partial charge in [0.25, 0.3) is 5.91 Å². The molecule has 0 unspecified atom stereocenters. The van der Waals surface area contributed by atoms with E-state index < -0.39 is 0 Å². The molecule has 3 rings (SSSR count). The molecule has 6 heteroatoms. The van der Waals surface area contributed by atoms with E-state index in [1.807, 2.05) is 24.3 Å². The van der Waals surface area contributed by atoms with Crippen molar-refractivity contribution < 1.29 is 14.3 Å². The second-order valence-electron chi connectivity index (χ2n) is 5.19. The minimum absolute atomic E-state index is 0.0475. The molecule has 1 amide bonds. The van der Waals surface area contributed by atoms with Crippen LogP contribution in [0.4, 0.5) is 5.69 Å². The molecular weight excluding hydrogens is 294 g/mol. The van der Waals surface area contributed by atoms with Crippen molar-refractivity contribution in [1.29, 1.82) is 0 Å². The first-order valence-corrected chi connectivity index (χ1v) is 7.42. The molecular formula is C17H19N3O3. The maximum Gasteiger partial charge on any atom is 0.253 e. The zero-order valence-electron chi connectivity index (χ0n) is 13.2. The van der Waals surface area contributed by atoms with Gasteiger partial charge in [-0.05, 0) is 12.1 Å². The van der Waals surface area contributed by atoms with Gasteiger partial charge in [-0.15, -0.1) is 0 Å². The fourth-order valence-corrected chi connectivity index (χ4v) is 2.77. The van der Waals surface area contributed by atoms with Crippen molar-refractivity contribution in [1.82, 2.24) is 10.3 Å². The van der Waals surface area contributed by atoms with Gasteiger partial charge in [0.15, 0.2) is 11.5 Å². The zero-order valence-corrected chi connectivity index (χ0v) is 13.2. The van der Waals surface area contributed by atoms with Crippen molar-refractivity contribution in [3.8, 4) is 11.5 Å². The summed E-state index contributed by atoms with van der Waals surface area (Å²) in [6.07, 6.45) is 1.70. The van der Waals surface area contributed by atoms with Crippen molar-refractivity contribution in [3.05, 3.63) is 47.8 Å². The number of hydrogen-bond donors (Lipinski definition) is 1. The average Bonchev–Trinajstić information content (AvgIpc) is 2.74. The van der Waals surface area contributed by atoms with Gasteiger partial charge in [0.05, 0.1) is 26.3 Å². The van der Waals surface area contributed by atoms with E-state index in [1.54, 1.807) is 26.5 Å². The van der Waals surface area contributed by atoms with Crippen molar-refractivity contribution >= 4 is 11.6 Å².